The number of H-pyrrole nitrogens is 1. The van der Waals surface area contributed by atoms with Crippen molar-refractivity contribution < 1.29 is 9.90 Å². The van der Waals surface area contributed by atoms with Gasteiger partial charge in [-0.2, -0.15) is 0 Å². The normalized spacial score (nSPS) is 9.50. The summed E-state index contributed by atoms with van der Waals surface area (Å²) in [5, 5.41) is 8.60. The highest BCUT2D eigenvalue weighted by Crippen LogP contribution is 2.14. The summed E-state index contributed by atoms with van der Waals surface area (Å²) in [6, 6.07) is 9.58. The van der Waals surface area contributed by atoms with Crippen molar-refractivity contribution in [2.75, 3.05) is 0 Å². The van der Waals surface area contributed by atoms with Gasteiger partial charge >= 0.3 is 5.97 Å². The summed E-state index contributed by atoms with van der Waals surface area (Å²) in [6.07, 6.45) is 1.52. The number of rotatable bonds is 3. The number of carbonyl (C=O) groups is 1. The Labute approximate surface area is 98.8 Å². The summed E-state index contributed by atoms with van der Waals surface area (Å²) < 4.78 is 0. The second kappa shape index (κ2) is 5.32. The topological polar surface area (TPSA) is 66.0 Å². The Morgan fingerprint density at radius 3 is 2.62 bits per heavy atom. The fourth-order valence-corrected chi connectivity index (χ4v) is 1.35. The highest BCUT2D eigenvalue weighted by Gasteiger charge is 2.05. The number of carboxylic acid groups (broad SMARTS) is 1. The van der Waals surface area contributed by atoms with Crippen molar-refractivity contribution in [3.05, 3.63) is 42.2 Å². The summed E-state index contributed by atoms with van der Waals surface area (Å²) >= 11 is 0. The predicted molar refractivity (Wildman–Crippen MR) is 62.6 cm³/mol. The molecule has 0 unspecified atom stereocenters. The maximum atomic E-state index is 10.5. The maximum absolute atomic E-state index is 10.5. The Morgan fingerprint density at radius 2 is 2.00 bits per heavy atom. The predicted octanol–water partition coefficient (Wildman–Crippen LogP) is 2.13. The van der Waals surface area contributed by atoms with Crippen LogP contribution in [0.2, 0.25) is 0 Å². The molecule has 4 nitrogen and oxygen atoms in total. The van der Waals surface area contributed by atoms with Gasteiger partial charge in [0.2, 0.25) is 0 Å². The molecule has 2 aromatic rings. The molecular formula is C11H11ClN2O2. The number of hydrogen-bond donors (Lipinski definition) is 2. The van der Waals surface area contributed by atoms with Gasteiger partial charge in [-0.3, -0.25) is 4.79 Å². The molecule has 2 N–H and O–H groups in total. The molecule has 0 atom stereocenters. The van der Waals surface area contributed by atoms with Crippen LogP contribution in [0.3, 0.4) is 0 Å². The van der Waals surface area contributed by atoms with Crippen molar-refractivity contribution in [1.82, 2.24) is 9.97 Å². The van der Waals surface area contributed by atoms with Gasteiger partial charge in [-0.1, -0.05) is 30.3 Å². The average molecular weight is 239 g/mol. The van der Waals surface area contributed by atoms with Crippen LogP contribution in [0.25, 0.3) is 11.4 Å². The number of nitrogens with one attached hydrogen (secondary N) is 1. The van der Waals surface area contributed by atoms with Gasteiger partial charge < -0.3 is 10.1 Å². The molecule has 0 saturated carbocycles. The first-order valence-corrected chi connectivity index (χ1v) is 4.57. The number of aromatic nitrogens is 2. The van der Waals surface area contributed by atoms with Crippen LogP contribution in [0, 0.1) is 0 Å². The van der Waals surface area contributed by atoms with Crippen LogP contribution in [-0.2, 0) is 11.2 Å². The third-order valence-corrected chi connectivity index (χ3v) is 2.02. The molecule has 16 heavy (non-hydrogen) atoms. The molecule has 0 spiro atoms. The summed E-state index contributed by atoms with van der Waals surface area (Å²) in [7, 11) is 0. The van der Waals surface area contributed by atoms with Gasteiger partial charge in [0.15, 0.2) is 0 Å². The molecule has 0 saturated heterocycles. The van der Waals surface area contributed by atoms with Gasteiger partial charge in [0, 0.05) is 17.5 Å². The van der Waals surface area contributed by atoms with Crippen molar-refractivity contribution in [1.29, 1.82) is 0 Å². The zero-order chi connectivity index (χ0) is 10.7. The van der Waals surface area contributed by atoms with Gasteiger partial charge in [0.05, 0.1) is 6.42 Å². The zero-order valence-corrected chi connectivity index (χ0v) is 9.20. The third kappa shape index (κ3) is 2.84. The molecule has 0 aliphatic heterocycles. The largest absolute Gasteiger partial charge is 0.481 e. The lowest BCUT2D eigenvalue weighted by Crippen LogP contribution is -1.99. The van der Waals surface area contributed by atoms with Crippen molar-refractivity contribution in [3.8, 4) is 11.4 Å². The van der Waals surface area contributed by atoms with Crippen LogP contribution >= 0.6 is 12.4 Å². The van der Waals surface area contributed by atoms with E-state index in [0.717, 1.165) is 5.56 Å². The molecule has 0 radical (unpaired) electrons. The average Bonchev–Trinajstić information content (AvgIpc) is 2.67. The van der Waals surface area contributed by atoms with Crippen molar-refractivity contribution >= 4 is 18.4 Å². The molecule has 0 aliphatic rings. The lowest BCUT2D eigenvalue weighted by atomic mass is 10.2. The zero-order valence-electron chi connectivity index (χ0n) is 8.38. The van der Waals surface area contributed by atoms with E-state index in [2.05, 4.69) is 9.97 Å². The highest BCUT2D eigenvalue weighted by molar-refractivity contribution is 5.85. The third-order valence-electron chi connectivity index (χ3n) is 2.02. The van der Waals surface area contributed by atoms with Crippen molar-refractivity contribution in [2.24, 2.45) is 0 Å². The molecule has 5 heteroatoms. The Balaban J connectivity index is 0.00000128. The number of benzene rings is 1. The summed E-state index contributed by atoms with van der Waals surface area (Å²) in [6.45, 7) is 0. The number of hydrogen-bond acceptors (Lipinski definition) is 2. The fraction of sp³-hybridized carbons (Fsp3) is 0.0909. The van der Waals surface area contributed by atoms with Gasteiger partial charge in [0.1, 0.15) is 5.82 Å². The van der Waals surface area contributed by atoms with E-state index in [-0.39, 0.29) is 18.8 Å². The quantitative estimate of drug-likeness (QED) is 0.861. The standard InChI is InChI=1S/C11H10N2O2.ClH/c14-10(15)6-9-7-12-11(13-9)8-4-2-1-3-5-8;/h1-5,7H,6H2,(H,12,13)(H,14,15);1H. The number of aromatic amines is 1. The van der Waals surface area contributed by atoms with E-state index < -0.39 is 5.97 Å². The number of imidazole rings is 1. The van der Waals surface area contributed by atoms with Crippen LogP contribution in [0.4, 0.5) is 0 Å². The Morgan fingerprint density at radius 1 is 1.31 bits per heavy atom. The Kier molecular flexibility index (Phi) is 4.08. The summed E-state index contributed by atoms with van der Waals surface area (Å²) in [5.41, 5.74) is 1.57. The minimum Gasteiger partial charge on any atom is -0.481 e. The van der Waals surface area contributed by atoms with Crippen LogP contribution < -0.4 is 0 Å². The maximum Gasteiger partial charge on any atom is 0.309 e. The van der Waals surface area contributed by atoms with Crippen LogP contribution in [0.5, 0.6) is 0 Å². The van der Waals surface area contributed by atoms with Crippen LogP contribution in [-0.4, -0.2) is 21.0 Å². The second-order valence-corrected chi connectivity index (χ2v) is 3.19. The van der Waals surface area contributed by atoms with Crippen LogP contribution in [0.15, 0.2) is 36.5 Å². The first-order chi connectivity index (χ1) is 7.25. The summed E-state index contributed by atoms with van der Waals surface area (Å²) in [5.74, 6) is -0.162. The van der Waals surface area contributed by atoms with E-state index in [1.54, 1.807) is 6.20 Å². The van der Waals surface area contributed by atoms with Gasteiger partial charge in [-0.15, -0.1) is 12.4 Å². The van der Waals surface area contributed by atoms with Gasteiger partial charge in [0.25, 0.3) is 0 Å². The minimum absolute atomic E-state index is 0. The fourth-order valence-electron chi connectivity index (χ4n) is 1.35. The molecular weight excluding hydrogens is 228 g/mol. The monoisotopic (exact) mass is 238 g/mol. The highest BCUT2D eigenvalue weighted by atomic mass is 35.5. The number of aliphatic carboxylic acids is 1. The number of nitrogens with zero attached hydrogens (tertiary/aromatic N) is 1. The first-order valence-electron chi connectivity index (χ1n) is 4.57. The lowest BCUT2D eigenvalue weighted by Gasteiger charge is -1.94. The molecule has 1 heterocycles. The molecule has 0 amide bonds. The van der Waals surface area contributed by atoms with E-state index in [1.165, 1.54) is 0 Å². The van der Waals surface area contributed by atoms with Gasteiger partial charge in [-0.25, -0.2) is 4.98 Å². The van der Waals surface area contributed by atoms with E-state index in [0.29, 0.717) is 11.5 Å². The molecule has 0 bridgehead atoms. The van der Waals surface area contributed by atoms with Crippen molar-refractivity contribution in [3.63, 3.8) is 0 Å². The number of carboxylic acids is 1. The minimum atomic E-state index is -0.863. The van der Waals surface area contributed by atoms with Crippen LogP contribution in [0.1, 0.15) is 5.69 Å². The Hall–Kier alpha value is -1.81. The van der Waals surface area contributed by atoms with E-state index in [9.17, 15) is 4.79 Å². The van der Waals surface area contributed by atoms with E-state index >= 15 is 0 Å². The Bertz CT molecular complexity index is 468. The molecule has 84 valence electrons. The van der Waals surface area contributed by atoms with Crippen molar-refractivity contribution in [2.45, 2.75) is 6.42 Å². The SMILES string of the molecule is Cl.O=C(O)Cc1cnc(-c2ccccc2)[nH]1. The molecule has 1 aromatic carbocycles. The molecule has 1 aromatic heterocycles. The van der Waals surface area contributed by atoms with E-state index in [4.69, 9.17) is 5.11 Å². The van der Waals surface area contributed by atoms with E-state index in [1.807, 2.05) is 30.3 Å². The lowest BCUT2D eigenvalue weighted by molar-refractivity contribution is -0.136. The second-order valence-electron chi connectivity index (χ2n) is 3.19. The molecule has 0 fully saturated rings. The summed E-state index contributed by atoms with van der Waals surface area (Å²) in [4.78, 5) is 17.6. The smallest absolute Gasteiger partial charge is 0.309 e. The molecule has 2 rings (SSSR count). The van der Waals surface area contributed by atoms with Gasteiger partial charge in [-0.05, 0) is 0 Å². The number of halogens is 1. The first kappa shape index (κ1) is 12.3. The molecule has 0 aliphatic carbocycles.